The second-order valence-electron chi connectivity index (χ2n) is 3.66. The Bertz CT molecular complexity index is 374. The molecule has 1 unspecified atom stereocenters. The molecule has 2 rings (SSSR count). The Morgan fingerprint density at radius 3 is 2.87 bits per heavy atom. The Balaban J connectivity index is 2.27. The van der Waals surface area contributed by atoms with E-state index in [4.69, 9.17) is 4.74 Å². The molecule has 1 aliphatic heterocycles. The van der Waals surface area contributed by atoms with Crippen molar-refractivity contribution in [3.63, 3.8) is 0 Å². The van der Waals surface area contributed by atoms with Gasteiger partial charge in [-0.05, 0) is 6.07 Å². The summed E-state index contributed by atoms with van der Waals surface area (Å²) in [5.74, 6) is 2.28. The normalized spacial score (nSPS) is 16.8. The summed E-state index contributed by atoms with van der Waals surface area (Å²) in [5.41, 5.74) is 1.19. The van der Waals surface area contributed by atoms with E-state index in [1.54, 1.807) is 7.11 Å². The molecule has 3 heteroatoms. The molecule has 0 spiro atoms. The van der Waals surface area contributed by atoms with Crippen molar-refractivity contribution in [3.8, 4) is 5.75 Å². The first-order valence-corrected chi connectivity index (χ1v) is 5.24. The van der Waals surface area contributed by atoms with Crippen LogP contribution < -0.4 is 10.1 Å². The van der Waals surface area contributed by atoms with Crippen molar-refractivity contribution in [1.29, 1.82) is 0 Å². The van der Waals surface area contributed by atoms with Gasteiger partial charge < -0.3 is 10.1 Å². The topological polar surface area (TPSA) is 33.6 Å². The Kier molecular flexibility index (Phi) is 2.90. The summed E-state index contributed by atoms with van der Waals surface area (Å²) in [5, 5.41) is 3.30. The van der Waals surface area contributed by atoms with Crippen molar-refractivity contribution in [1.82, 2.24) is 5.32 Å². The lowest BCUT2D eigenvalue weighted by atomic mass is 9.99. The monoisotopic (exact) mass is 204 g/mol. The van der Waals surface area contributed by atoms with Gasteiger partial charge in [-0.2, -0.15) is 0 Å². The van der Waals surface area contributed by atoms with Crippen molar-refractivity contribution in [3.05, 3.63) is 29.8 Å². The second kappa shape index (κ2) is 4.34. The third kappa shape index (κ3) is 1.96. The van der Waals surface area contributed by atoms with Crippen LogP contribution in [0.25, 0.3) is 0 Å². The molecule has 1 aromatic carbocycles. The van der Waals surface area contributed by atoms with E-state index in [9.17, 15) is 0 Å². The van der Waals surface area contributed by atoms with E-state index in [2.05, 4.69) is 23.3 Å². The molecule has 0 aromatic heterocycles. The summed E-state index contributed by atoms with van der Waals surface area (Å²) in [7, 11) is 1.70. The first kappa shape index (κ1) is 10.0. The van der Waals surface area contributed by atoms with Crippen LogP contribution in [0.15, 0.2) is 29.3 Å². The minimum Gasteiger partial charge on any atom is -0.496 e. The molecule has 1 aromatic rings. The number of hydrogen-bond acceptors (Lipinski definition) is 3. The number of methoxy groups -OCH3 is 1. The molecule has 1 heterocycles. The molecule has 3 nitrogen and oxygen atoms in total. The highest BCUT2D eigenvalue weighted by atomic mass is 16.5. The second-order valence-corrected chi connectivity index (χ2v) is 3.66. The smallest absolute Gasteiger partial charge is 0.122 e. The van der Waals surface area contributed by atoms with Crippen molar-refractivity contribution >= 4 is 5.84 Å². The van der Waals surface area contributed by atoms with E-state index in [0.717, 1.165) is 24.7 Å². The molecule has 15 heavy (non-hydrogen) atoms. The van der Waals surface area contributed by atoms with Gasteiger partial charge in [-0.1, -0.05) is 25.1 Å². The standard InChI is InChI=1S/C12H16N2O/c1-9(12-13-7-8-14-12)10-5-3-4-6-11(10)15-2/h3-6,9H,7-8H2,1-2H3,(H,13,14). The summed E-state index contributed by atoms with van der Waals surface area (Å²) in [6.45, 7) is 3.98. The molecule has 1 atom stereocenters. The molecular weight excluding hydrogens is 188 g/mol. The highest BCUT2D eigenvalue weighted by molar-refractivity contribution is 5.90. The maximum atomic E-state index is 5.34. The molecule has 0 fully saturated rings. The minimum atomic E-state index is 0.281. The molecule has 0 radical (unpaired) electrons. The zero-order chi connectivity index (χ0) is 10.7. The van der Waals surface area contributed by atoms with Crippen LogP contribution in [0.2, 0.25) is 0 Å². The van der Waals surface area contributed by atoms with E-state index >= 15 is 0 Å². The lowest BCUT2D eigenvalue weighted by Crippen LogP contribution is -2.24. The number of hydrogen-bond donors (Lipinski definition) is 1. The van der Waals surface area contributed by atoms with Gasteiger partial charge in [0.05, 0.1) is 13.7 Å². The summed E-state index contributed by atoms with van der Waals surface area (Å²) in [6.07, 6.45) is 0. The van der Waals surface area contributed by atoms with E-state index in [1.165, 1.54) is 5.56 Å². The van der Waals surface area contributed by atoms with Crippen LogP contribution in [0.5, 0.6) is 5.75 Å². The number of amidine groups is 1. The summed E-state index contributed by atoms with van der Waals surface area (Å²) >= 11 is 0. The highest BCUT2D eigenvalue weighted by Crippen LogP contribution is 2.27. The number of rotatable bonds is 3. The largest absolute Gasteiger partial charge is 0.496 e. The SMILES string of the molecule is COc1ccccc1C(C)C1=NCCN1. The average molecular weight is 204 g/mol. The van der Waals surface area contributed by atoms with Gasteiger partial charge in [0.1, 0.15) is 11.6 Å². The third-order valence-electron chi connectivity index (χ3n) is 2.72. The van der Waals surface area contributed by atoms with Crippen molar-refractivity contribution in [2.24, 2.45) is 4.99 Å². The van der Waals surface area contributed by atoms with Gasteiger partial charge in [0.25, 0.3) is 0 Å². The van der Waals surface area contributed by atoms with Crippen LogP contribution in [0.4, 0.5) is 0 Å². The summed E-state index contributed by atoms with van der Waals surface area (Å²) < 4.78 is 5.34. The van der Waals surface area contributed by atoms with Crippen LogP contribution in [-0.2, 0) is 0 Å². The first-order chi connectivity index (χ1) is 7.33. The van der Waals surface area contributed by atoms with Crippen molar-refractivity contribution in [2.75, 3.05) is 20.2 Å². The van der Waals surface area contributed by atoms with Crippen LogP contribution >= 0.6 is 0 Å². The zero-order valence-corrected chi connectivity index (χ0v) is 9.16. The van der Waals surface area contributed by atoms with Gasteiger partial charge in [0, 0.05) is 18.0 Å². The predicted molar refractivity (Wildman–Crippen MR) is 61.7 cm³/mol. The number of benzene rings is 1. The average Bonchev–Trinajstić information content (AvgIpc) is 2.81. The molecule has 1 N–H and O–H groups in total. The lowest BCUT2D eigenvalue weighted by molar-refractivity contribution is 0.409. The number of ether oxygens (including phenoxy) is 1. The molecule has 0 bridgehead atoms. The summed E-state index contributed by atoms with van der Waals surface area (Å²) in [4.78, 5) is 4.44. The highest BCUT2D eigenvalue weighted by Gasteiger charge is 2.18. The van der Waals surface area contributed by atoms with Gasteiger partial charge in [0.15, 0.2) is 0 Å². The third-order valence-corrected chi connectivity index (χ3v) is 2.72. The van der Waals surface area contributed by atoms with Crippen LogP contribution in [0.1, 0.15) is 18.4 Å². The van der Waals surface area contributed by atoms with Crippen LogP contribution in [0, 0.1) is 0 Å². The molecular formula is C12H16N2O. The first-order valence-electron chi connectivity index (χ1n) is 5.24. The van der Waals surface area contributed by atoms with E-state index in [-0.39, 0.29) is 5.92 Å². The fourth-order valence-electron chi connectivity index (χ4n) is 1.88. The Labute approximate surface area is 90.2 Å². The molecule has 0 aliphatic carbocycles. The Morgan fingerprint density at radius 2 is 2.20 bits per heavy atom. The quantitative estimate of drug-likeness (QED) is 0.814. The van der Waals surface area contributed by atoms with Gasteiger partial charge >= 0.3 is 0 Å². The lowest BCUT2D eigenvalue weighted by Gasteiger charge is -2.15. The molecule has 0 amide bonds. The number of para-hydroxylation sites is 1. The molecule has 1 aliphatic rings. The van der Waals surface area contributed by atoms with Gasteiger partial charge in [0.2, 0.25) is 0 Å². The van der Waals surface area contributed by atoms with Crippen molar-refractivity contribution in [2.45, 2.75) is 12.8 Å². The predicted octanol–water partition coefficient (Wildman–Crippen LogP) is 1.80. The van der Waals surface area contributed by atoms with E-state index in [0.29, 0.717) is 0 Å². The minimum absolute atomic E-state index is 0.281. The van der Waals surface area contributed by atoms with Crippen molar-refractivity contribution < 1.29 is 4.74 Å². The van der Waals surface area contributed by atoms with Gasteiger partial charge in [-0.15, -0.1) is 0 Å². The van der Waals surface area contributed by atoms with Crippen LogP contribution in [-0.4, -0.2) is 26.0 Å². The maximum Gasteiger partial charge on any atom is 0.122 e. The molecule has 0 saturated heterocycles. The number of nitrogens with zero attached hydrogens (tertiary/aromatic N) is 1. The van der Waals surface area contributed by atoms with E-state index in [1.807, 2.05) is 18.2 Å². The number of nitrogens with one attached hydrogen (secondary N) is 1. The number of aliphatic imine (C=N–C) groups is 1. The van der Waals surface area contributed by atoms with Gasteiger partial charge in [-0.3, -0.25) is 4.99 Å². The fraction of sp³-hybridized carbons (Fsp3) is 0.417. The van der Waals surface area contributed by atoms with E-state index < -0.39 is 0 Å². The Hall–Kier alpha value is -1.51. The Morgan fingerprint density at radius 1 is 1.40 bits per heavy atom. The maximum absolute atomic E-state index is 5.34. The van der Waals surface area contributed by atoms with Gasteiger partial charge in [-0.25, -0.2) is 0 Å². The van der Waals surface area contributed by atoms with Crippen LogP contribution in [0.3, 0.4) is 0 Å². The summed E-state index contributed by atoms with van der Waals surface area (Å²) in [6, 6.07) is 8.09. The molecule has 80 valence electrons. The molecule has 0 saturated carbocycles. The fourth-order valence-corrected chi connectivity index (χ4v) is 1.88. The zero-order valence-electron chi connectivity index (χ0n) is 9.16.